The Balaban J connectivity index is 1.27. The molecule has 7 nitrogen and oxygen atoms in total. The molecule has 1 saturated heterocycles. The maximum Gasteiger partial charge on any atom is 0.272 e. The van der Waals surface area contributed by atoms with Gasteiger partial charge in [-0.1, -0.05) is 31.0 Å². The Morgan fingerprint density at radius 3 is 2.46 bits per heavy atom. The van der Waals surface area contributed by atoms with Gasteiger partial charge in [0.05, 0.1) is 17.7 Å². The third-order valence-electron chi connectivity index (χ3n) is 8.31. The van der Waals surface area contributed by atoms with E-state index < -0.39 is 5.41 Å². The number of piperidine rings is 1. The molecule has 0 radical (unpaired) electrons. The lowest BCUT2D eigenvalue weighted by molar-refractivity contribution is -0.144. The number of ether oxygens (including phenoxy) is 1. The third-order valence-corrected chi connectivity index (χ3v) is 8.31. The molecule has 0 atom stereocenters. The molecule has 0 aliphatic carbocycles. The number of carbonyl (C=O) groups excluding carboxylic acids is 2. The molecule has 2 amide bonds. The Labute approximate surface area is 229 Å². The number of benzene rings is 2. The van der Waals surface area contributed by atoms with E-state index in [0.29, 0.717) is 50.5 Å². The number of fused-ring (bicyclic) bond motifs is 1. The van der Waals surface area contributed by atoms with E-state index in [1.165, 1.54) is 17.7 Å². The van der Waals surface area contributed by atoms with Crippen LogP contribution >= 0.6 is 0 Å². The summed E-state index contributed by atoms with van der Waals surface area (Å²) in [5.74, 6) is 0.667. The van der Waals surface area contributed by atoms with Crippen LogP contribution in [0.1, 0.15) is 54.6 Å². The maximum atomic E-state index is 13.8. The summed E-state index contributed by atoms with van der Waals surface area (Å²) in [6, 6.07) is 16.0. The fourth-order valence-electron chi connectivity index (χ4n) is 5.91. The number of hydrogen-bond acceptors (Lipinski definition) is 4. The van der Waals surface area contributed by atoms with Gasteiger partial charge in [-0.2, -0.15) is 5.10 Å². The number of para-hydroxylation sites is 1. The van der Waals surface area contributed by atoms with Crippen LogP contribution in [0.15, 0.2) is 54.6 Å². The molecule has 1 fully saturated rings. The van der Waals surface area contributed by atoms with Crippen LogP contribution < -0.4 is 4.74 Å². The van der Waals surface area contributed by atoms with Crippen LogP contribution in [-0.4, -0.2) is 64.7 Å². The van der Waals surface area contributed by atoms with Gasteiger partial charge < -0.3 is 14.5 Å². The number of nitrogens with zero attached hydrogens (tertiary/aromatic N) is 4. The first-order valence-electron chi connectivity index (χ1n) is 13.9. The summed E-state index contributed by atoms with van der Waals surface area (Å²) in [6.07, 6.45) is 6.19. The number of halogens is 1. The average molecular weight is 533 g/mol. The van der Waals surface area contributed by atoms with E-state index in [1.54, 1.807) is 29.9 Å². The molecule has 0 bridgehead atoms. The largest absolute Gasteiger partial charge is 0.491 e. The van der Waals surface area contributed by atoms with Gasteiger partial charge in [-0.15, -0.1) is 0 Å². The number of aromatic nitrogens is 2. The normalized spacial score (nSPS) is 18.5. The van der Waals surface area contributed by atoms with E-state index in [1.807, 2.05) is 29.0 Å². The average Bonchev–Trinajstić information content (AvgIpc) is 3.34. The minimum atomic E-state index is -0.460. The lowest BCUT2D eigenvalue weighted by Gasteiger charge is -2.42. The first kappa shape index (κ1) is 26.9. The van der Waals surface area contributed by atoms with Crippen molar-refractivity contribution in [3.8, 4) is 17.0 Å². The van der Waals surface area contributed by atoms with Gasteiger partial charge in [0, 0.05) is 32.7 Å². The van der Waals surface area contributed by atoms with Crippen molar-refractivity contribution < 1.29 is 18.7 Å². The van der Waals surface area contributed by atoms with E-state index in [-0.39, 0.29) is 17.6 Å². The zero-order valence-electron chi connectivity index (χ0n) is 22.9. The zero-order valence-corrected chi connectivity index (χ0v) is 22.9. The van der Waals surface area contributed by atoms with Crippen molar-refractivity contribution in [1.82, 2.24) is 19.6 Å². The Morgan fingerprint density at radius 2 is 1.69 bits per heavy atom. The second-order valence-electron chi connectivity index (χ2n) is 10.9. The van der Waals surface area contributed by atoms with E-state index in [2.05, 4.69) is 17.2 Å². The number of hydrogen-bond donors (Lipinski definition) is 0. The van der Waals surface area contributed by atoms with Crippen molar-refractivity contribution in [2.45, 2.75) is 44.9 Å². The summed E-state index contributed by atoms with van der Waals surface area (Å²) in [4.78, 5) is 30.9. The van der Waals surface area contributed by atoms with Gasteiger partial charge in [-0.25, -0.2) is 4.39 Å². The van der Waals surface area contributed by atoms with Crippen LogP contribution in [0.5, 0.6) is 5.75 Å². The highest BCUT2D eigenvalue weighted by Crippen LogP contribution is 2.39. The Hall–Kier alpha value is -3.68. The van der Waals surface area contributed by atoms with E-state index in [9.17, 15) is 14.0 Å². The molecule has 0 N–H and O–H groups in total. The highest BCUT2D eigenvalue weighted by molar-refractivity contribution is 5.94. The van der Waals surface area contributed by atoms with Crippen LogP contribution in [0.4, 0.5) is 4.39 Å². The second-order valence-corrected chi connectivity index (χ2v) is 10.9. The minimum Gasteiger partial charge on any atom is -0.491 e. The van der Waals surface area contributed by atoms with Gasteiger partial charge in [-0.05, 0) is 74.1 Å². The van der Waals surface area contributed by atoms with E-state index in [4.69, 9.17) is 4.74 Å². The lowest BCUT2D eigenvalue weighted by Crippen LogP contribution is -2.51. The molecule has 39 heavy (non-hydrogen) atoms. The topological polar surface area (TPSA) is 67.7 Å². The summed E-state index contributed by atoms with van der Waals surface area (Å²) in [5.41, 5.74) is 2.64. The van der Waals surface area contributed by atoms with Gasteiger partial charge in [0.25, 0.3) is 5.91 Å². The highest BCUT2D eigenvalue weighted by Gasteiger charge is 2.43. The number of likely N-dealkylation sites (N-methyl/N-ethyl adjacent to an activating group) is 1. The Bertz CT molecular complexity index is 1310. The molecule has 2 aliphatic heterocycles. The van der Waals surface area contributed by atoms with Crippen molar-refractivity contribution in [3.63, 3.8) is 0 Å². The van der Waals surface area contributed by atoms with Gasteiger partial charge in [0.1, 0.15) is 23.9 Å². The monoisotopic (exact) mass is 532 g/mol. The number of carbonyl (C=O) groups is 2. The summed E-state index contributed by atoms with van der Waals surface area (Å²) < 4.78 is 21.0. The van der Waals surface area contributed by atoms with Crippen molar-refractivity contribution >= 4 is 11.8 Å². The quantitative estimate of drug-likeness (QED) is 0.461. The number of aryl methyl sites for hydroxylation is 2. The minimum absolute atomic E-state index is 0.0928. The standard InChI is InChI=1S/C31H37FN4O3/c1-34-20-21-39-28-10-6-5-9-24(28)8-4-3-7-15-31(30(34)38)16-18-36(19-17-31)29(37)27-22-26(33-35(27)2)23-11-13-25(32)14-12-23/h5-6,9-14,22H,3-4,7-8,15-21H2,1-2H3. The molecular formula is C31H37FN4O3. The van der Waals surface area contributed by atoms with Crippen LogP contribution in [-0.2, 0) is 18.3 Å². The molecule has 206 valence electrons. The number of rotatable bonds is 2. The van der Waals surface area contributed by atoms with Crippen LogP contribution in [0.25, 0.3) is 11.3 Å². The summed E-state index contributed by atoms with van der Waals surface area (Å²) in [5, 5.41) is 4.49. The van der Waals surface area contributed by atoms with Gasteiger partial charge in [0.2, 0.25) is 5.91 Å². The molecule has 8 heteroatoms. The lowest BCUT2D eigenvalue weighted by atomic mass is 9.73. The van der Waals surface area contributed by atoms with Crippen molar-refractivity contribution in [3.05, 3.63) is 71.7 Å². The Morgan fingerprint density at radius 1 is 0.949 bits per heavy atom. The van der Waals surface area contributed by atoms with Crippen molar-refractivity contribution in [1.29, 1.82) is 0 Å². The Kier molecular flexibility index (Phi) is 8.00. The first-order chi connectivity index (χ1) is 18.9. The van der Waals surface area contributed by atoms with Gasteiger partial charge in [-0.3, -0.25) is 14.3 Å². The SMILES string of the molecule is CN1CCOc2ccccc2CCCCCC2(CCN(C(=O)c3cc(-c4ccc(F)cc4)nn3C)CC2)C1=O. The summed E-state index contributed by atoms with van der Waals surface area (Å²) >= 11 is 0. The zero-order chi connectivity index (χ0) is 27.4. The molecule has 0 saturated carbocycles. The molecule has 3 aromatic rings. The van der Waals surface area contributed by atoms with E-state index >= 15 is 0 Å². The second kappa shape index (κ2) is 11.6. The van der Waals surface area contributed by atoms with Crippen molar-refractivity contribution in [2.24, 2.45) is 12.5 Å². The molecular weight excluding hydrogens is 495 g/mol. The molecule has 2 aromatic carbocycles. The summed E-state index contributed by atoms with van der Waals surface area (Å²) in [7, 11) is 3.61. The molecule has 0 unspecified atom stereocenters. The molecule has 1 aromatic heterocycles. The molecule has 2 aliphatic rings. The van der Waals surface area contributed by atoms with Gasteiger partial charge in [0.15, 0.2) is 0 Å². The van der Waals surface area contributed by atoms with E-state index in [0.717, 1.165) is 43.4 Å². The van der Waals surface area contributed by atoms with Gasteiger partial charge >= 0.3 is 0 Å². The van der Waals surface area contributed by atoms with Crippen LogP contribution in [0.2, 0.25) is 0 Å². The maximum absolute atomic E-state index is 13.8. The molecule has 1 spiro atoms. The molecule has 3 heterocycles. The third kappa shape index (κ3) is 5.84. The van der Waals surface area contributed by atoms with Crippen LogP contribution in [0, 0.1) is 11.2 Å². The molecule has 5 rings (SSSR count). The smallest absolute Gasteiger partial charge is 0.272 e. The fourth-order valence-corrected chi connectivity index (χ4v) is 5.91. The predicted molar refractivity (Wildman–Crippen MR) is 148 cm³/mol. The number of amides is 2. The predicted octanol–water partition coefficient (Wildman–Crippen LogP) is 5.10. The highest BCUT2D eigenvalue weighted by atomic mass is 19.1. The summed E-state index contributed by atoms with van der Waals surface area (Å²) in [6.45, 7) is 2.03. The first-order valence-corrected chi connectivity index (χ1v) is 13.9. The van der Waals surface area contributed by atoms with Crippen molar-refractivity contribution in [2.75, 3.05) is 33.3 Å². The number of likely N-dealkylation sites (tertiary alicyclic amines) is 1. The fraction of sp³-hybridized carbons (Fsp3) is 0.452. The van der Waals surface area contributed by atoms with Crippen LogP contribution in [0.3, 0.4) is 0 Å².